The molecule has 0 aliphatic heterocycles. The van der Waals surface area contributed by atoms with Gasteiger partial charge in [0.2, 0.25) is 0 Å². The summed E-state index contributed by atoms with van der Waals surface area (Å²) >= 11 is 0. The molecule has 10 heavy (non-hydrogen) atoms. The lowest BCUT2D eigenvalue weighted by Gasteiger charge is -2.15. The summed E-state index contributed by atoms with van der Waals surface area (Å²) in [5.74, 6) is 0.801. The second-order valence-corrected chi connectivity index (χ2v) is 4.28. The standard InChI is InChI=1S/C10H14/c1-10(2)6-8-4-3-5-9(8)7-10/h3-5,8H,6-7H2,1-2H3. The van der Waals surface area contributed by atoms with E-state index in [1.165, 1.54) is 12.8 Å². The largest absolute Gasteiger partial charge is 0.0773 e. The lowest BCUT2D eigenvalue weighted by Crippen LogP contribution is -2.04. The molecule has 1 saturated carbocycles. The van der Waals surface area contributed by atoms with Crippen molar-refractivity contribution in [3.63, 3.8) is 0 Å². The maximum Gasteiger partial charge on any atom is -0.00116 e. The van der Waals surface area contributed by atoms with Gasteiger partial charge in [0.15, 0.2) is 0 Å². The van der Waals surface area contributed by atoms with Crippen LogP contribution in [0.4, 0.5) is 0 Å². The molecule has 2 aliphatic carbocycles. The van der Waals surface area contributed by atoms with E-state index in [1.54, 1.807) is 5.57 Å². The van der Waals surface area contributed by atoms with Gasteiger partial charge in [-0.1, -0.05) is 37.6 Å². The predicted octanol–water partition coefficient (Wildman–Crippen LogP) is 2.92. The van der Waals surface area contributed by atoms with Gasteiger partial charge in [-0.3, -0.25) is 0 Å². The van der Waals surface area contributed by atoms with Crippen molar-refractivity contribution in [3.8, 4) is 0 Å². The van der Waals surface area contributed by atoms with E-state index < -0.39 is 0 Å². The Morgan fingerprint density at radius 1 is 1.50 bits per heavy atom. The van der Waals surface area contributed by atoms with Crippen LogP contribution in [0.3, 0.4) is 0 Å². The van der Waals surface area contributed by atoms with E-state index in [1.807, 2.05) is 0 Å². The Balaban J connectivity index is 2.23. The van der Waals surface area contributed by atoms with Gasteiger partial charge in [0, 0.05) is 0 Å². The van der Waals surface area contributed by atoms with Gasteiger partial charge >= 0.3 is 0 Å². The lowest BCUT2D eigenvalue weighted by molar-refractivity contribution is 0.374. The second-order valence-electron chi connectivity index (χ2n) is 4.28. The molecule has 0 heterocycles. The normalized spacial score (nSPS) is 34.2. The van der Waals surface area contributed by atoms with Crippen LogP contribution in [0.2, 0.25) is 0 Å². The van der Waals surface area contributed by atoms with Crippen molar-refractivity contribution in [2.75, 3.05) is 0 Å². The van der Waals surface area contributed by atoms with Crippen LogP contribution in [0.15, 0.2) is 23.8 Å². The molecule has 1 fully saturated rings. The first-order chi connectivity index (χ1) is 4.67. The summed E-state index contributed by atoms with van der Waals surface area (Å²) in [6.07, 6.45) is 9.50. The van der Waals surface area contributed by atoms with Crippen molar-refractivity contribution < 1.29 is 0 Å². The average molecular weight is 134 g/mol. The molecule has 1 unspecified atom stereocenters. The van der Waals surface area contributed by atoms with Gasteiger partial charge in [-0.15, -0.1) is 0 Å². The molecule has 0 bridgehead atoms. The molecule has 0 radical (unpaired) electrons. The third kappa shape index (κ3) is 0.828. The summed E-state index contributed by atoms with van der Waals surface area (Å²) in [7, 11) is 0. The maximum atomic E-state index is 2.36. The van der Waals surface area contributed by atoms with E-state index in [0.29, 0.717) is 5.41 Å². The van der Waals surface area contributed by atoms with E-state index in [9.17, 15) is 0 Å². The predicted molar refractivity (Wildman–Crippen MR) is 43.7 cm³/mol. The van der Waals surface area contributed by atoms with E-state index >= 15 is 0 Å². The van der Waals surface area contributed by atoms with Crippen LogP contribution in [0.25, 0.3) is 0 Å². The van der Waals surface area contributed by atoms with Crippen LogP contribution in [0.5, 0.6) is 0 Å². The second kappa shape index (κ2) is 1.75. The zero-order chi connectivity index (χ0) is 7.19. The number of allylic oxidation sites excluding steroid dienone is 4. The third-order valence-electron chi connectivity index (χ3n) is 2.59. The molecule has 0 spiro atoms. The van der Waals surface area contributed by atoms with Crippen molar-refractivity contribution >= 4 is 0 Å². The molecule has 54 valence electrons. The number of rotatable bonds is 0. The molecule has 0 aromatic heterocycles. The fraction of sp³-hybridized carbons (Fsp3) is 0.600. The zero-order valence-corrected chi connectivity index (χ0v) is 6.72. The van der Waals surface area contributed by atoms with Gasteiger partial charge in [0.1, 0.15) is 0 Å². The molecule has 0 aromatic rings. The highest BCUT2D eigenvalue weighted by Crippen LogP contribution is 2.46. The minimum Gasteiger partial charge on any atom is -0.0773 e. The Hall–Kier alpha value is -0.520. The minimum absolute atomic E-state index is 0.571. The molecule has 2 rings (SSSR count). The summed E-state index contributed by atoms with van der Waals surface area (Å²) in [4.78, 5) is 0. The monoisotopic (exact) mass is 134 g/mol. The zero-order valence-electron chi connectivity index (χ0n) is 6.72. The van der Waals surface area contributed by atoms with E-state index in [-0.39, 0.29) is 0 Å². The maximum absolute atomic E-state index is 2.36. The van der Waals surface area contributed by atoms with Crippen LogP contribution in [0, 0.1) is 11.3 Å². The van der Waals surface area contributed by atoms with Gasteiger partial charge in [0.25, 0.3) is 0 Å². The smallest absolute Gasteiger partial charge is 0.00116 e. The SMILES string of the molecule is CC1(C)CC2=CC=CC2C1. The van der Waals surface area contributed by atoms with Gasteiger partial charge in [0.05, 0.1) is 0 Å². The summed E-state index contributed by atoms with van der Waals surface area (Å²) in [6, 6.07) is 0. The van der Waals surface area contributed by atoms with Crippen molar-refractivity contribution in [3.05, 3.63) is 23.8 Å². The molecule has 0 saturated heterocycles. The highest BCUT2D eigenvalue weighted by atomic mass is 14.4. The van der Waals surface area contributed by atoms with Crippen molar-refractivity contribution in [1.29, 1.82) is 0 Å². The van der Waals surface area contributed by atoms with Crippen molar-refractivity contribution in [2.24, 2.45) is 11.3 Å². The van der Waals surface area contributed by atoms with Gasteiger partial charge in [-0.05, 0) is 24.2 Å². The van der Waals surface area contributed by atoms with Crippen LogP contribution < -0.4 is 0 Å². The lowest BCUT2D eigenvalue weighted by atomic mass is 9.90. The molecule has 0 N–H and O–H groups in total. The highest BCUT2D eigenvalue weighted by molar-refractivity contribution is 5.31. The van der Waals surface area contributed by atoms with Gasteiger partial charge in [-0.25, -0.2) is 0 Å². The molecule has 0 aromatic carbocycles. The summed E-state index contributed by atoms with van der Waals surface area (Å²) in [6.45, 7) is 4.72. The fourth-order valence-electron chi connectivity index (χ4n) is 2.17. The minimum atomic E-state index is 0.571. The first-order valence-electron chi connectivity index (χ1n) is 4.05. The first-order valence-corrected chi connectivity index (χ1v) is 4.05. The topological polar surface area (TPSA) is 0 Å². The molecule has 2 aliphatic rings. The molecule has 0 heteroatoms. The Morgan fingerprint density at radius 2 is 2.30 bits per heavy atom. The van der Waals surface area contributed by atoms with Crippen LogP contribution in [-0.4, -0.2) is 0 Å². The Labute approximate surface area is 62.6 Å². The number of hydrogen-bond donors (Lipinski definition) is 0. The first kappa shape index (κ1) is 6.21. The molecular weight excluding hydrogens is 120 g/mol. The molecule has 0 nitrogen and oxygen atoms in total. The third-order valence-corrected chi connectivity index (χ3v) is 2.59. The quantitative estimate of drug-likeness (QED) is 0.478. The van der Waals surface area contributed by atoms with Crippen molar-refractivity contribution in [2.45, 2.75) is 26.7 Å². The van der Waals surface area contributed by atoms with Crippen LogP contribution in [0.1, 0.15) is 26.7 Å². The summed E-state index contributed by atoms with van der Waals surface area (Å²) < 4.78 is 0. The van der Waals surface area contributed by atoms with Crippen LogP contribution in [-0.2, 0) is 0 Å². The number of hydrogen-bond acceptors (Lipinski definition) is 0. The number of fused-ring (bicyclic) bond motifs is 1. The fourth-order valence-corrected chi connectivity index (χ4v) is 2.17. The Kier molecular flexibility index (Phi) is 1.08. The summed E-state index contributed by atoms with van der Waals surface area (Å²) in [5.41, 5.74) is 2.23. The van der Waals surface area contributed by atoms with Gasteiger partial charge in [-0.2, -0.15) is 0 Å². The highest BCUT2D eigenvalue weighted by Gasteiger charge is 2.34. The average Bonchev–Trinajstić information content (AvgIpc) is 2.20. The summed E-state index contributed by atoms with van der Waals surface area (Å²) in [5, 5.41) is 0. The van der Waals surface area contributed by atoms with E-state index in [2.05, 4.69) is 32.1 Å². The van der Waals surface area contributed by atoms with E-state index in [4.69, 9.17) is 0 Å². The van der Waals surface area contributed by atoms with E-state index in [0.717, 1.165) is 5.92 Å². The Bertz CT molecular complexity index is 206. The van der Waals surface area contributed by atoms with Crippen molar-refractivity contribution in [1.82, 2.24) is 0 Å². The van der Waals surface area contributed by atoms with Gasteiger partial charge < -0.3 is 0 Å². The Morgan fingerprint density at radius 3 is 3.00 bits per heavy atom. The molecule has 0 amide bonds. The molecular formula is C10H14. The van der Waals surface area contributed by atoms with Crippen LogP contribution >= 0.6 is 0 Å². The molecule has 1 atom stereocenters.